The van der Waals surface area contributed by atoms with Crippen LogP contribution in [0.15, 0.2) is 12.7 Å². The summed E-state index contributed by atoms with van der Waals surface area (Å²) in [6.07, 6.45) is 1.11. The van der Waals surface area contributed by atoms with Gasteiger partial charge in [0.15, 0.2) is 0 Å². The van der Waals surface area contributed by atoms with Crippen molar-refractivity contribution in [3.05, 3.63) is 12.7 Å². The number of aromatic nitrogens is 3. The van der Waals surface area contributed by atoms with Crippen molar-refractivity contribution in [3.8, 4) is 0 Å². The van der Waals surface area contributed by atoms with Crippen LogP contribution in [0.1, 0.15) is 0 Å². The molecular weight excluding hydrogens is 200 g/mol. The molecule has 82 valence electrons. The second-order valence-corrected chi connectivity index (χ2v) is 2.14. The van der Waals surface area contributed by atoms with Crippen LogP contribution >= 0.6 is 0 Å². The fourth-order valence-corrected chi connectivity index (χ4v) is 0.510. The summed E-state index contributed by atoms with van der Waals surface area (Å²) in [5, 5.41) is 0. The van der Waals surface area contributed by atoms with Gasteiger partial charge in [0.05, 0.1) is 7.11 Å². The molecule has 1 aromatic heterocycles. The van der Waals surface area contributed by atoms with Crippen LogP contribution in [0, 0.1) is 0 Å². The highest BCUT2D eigenvalue weighted by atomic mass is 16.5. The van der Waals surface area contributed by atoms with E-state index in [-0.39, 0.29) is 17.8 Å². The Bertz CT molecular complexity index is 303. The van der Waals surface area contributed by atoms with Gasteiger partial charge < -0.3 is 21.9 Å². The van der Waals surface area contributed by atoms with E-state index >= 15 is 0 Å². The second-order valence-electron chi connectivity index (χ2n) is 2.14. The Kier molecular flexibility index (Phi) is 5.16. The number of nitrogen functional groups attached to an aromatic ring is 3. The van der Waals surface area contributed by atoms with Crippen molar-refractivity contribution >= 4 is 23.8 Å². The number of rotatable bonds is 1. The van der Waals surface area contributed by atoms with E-state index in [9.17, 15) is 4.79 Å². The fourth-order valence-electron chi connectivity index (χ4n) is 0.510. The van der Waals surface area contributed by atoms with Crippen LogP contribution in [0.3, 0.4) is 0 Å². The van der Waals surface area contributed by atoms with Gasteiger partial charge in [0, 0.05) is 6.08 Å². The van der Waals surface area contributed by atoms with Crippen molar-refractivity contribution in [2.75, 3.05) is 24.3 Å². The third kappa shape index (κ3) is 5.80. The molecule has 1 aromatic rings. The van der Waals surface area contributed by atoms with Gasteiger partial charge in [0.25, 0.3) is 0 Å². The van der Waals surface area contributed by atoms with Crippen LogP contribution in [-0.2, 0) is 9.53 Å². The summed E-state index contributed by atoms with van der Waals surface area (Å²) in [5.41, 5.74) is 15.4. The molecule has 6 N–H and O–H groups in total. The molecule has 0 saturated carbocycles. The lowest BCUT2D eigenvalue weighted by molar-refractivity contribution is -0.134. The molecule has 1 heterocycles. The van der Waals surface area contributed by atoms with Crippen LogP contribution in [0.5, 0.6) is 0 Å². The van der Waals surface area contributed by atoms with Crippen molar-refractivity contribution in [1.82, 2.24) is 15.0 Å². The van der Waals surface area contributed by atoms with Gasteiger partial charge in [-0.15, -0.1) is 0 Å². The third-order valence-corrected chi connectivity index (χ3v) is 1.06. The highest BCUT2D eigenvalue weighted by Gasteiger charge is 1.93. The monoisotopic (exact) mass is 212 g/mol. The number of nitrogens with zero attached hydrogens (tertiary/aromatic N) is 3. The number of carbonyl (C=O) groups is 1. The number of carbonyl (C=O) groups excluding carboxylic acids is 1. The number of anilines is 3. The molecule has 8 heteroatoms. The number of esters is 1. The van der Waals surface area contributed by atoms with Crippen LogP contribution in [-0.4, -0.2) is 28.0 Å². The van der Waals surface area contributed by atoms with Crippen LogP contribution in [0.2, 0.25) is 0 Å². The molecule has 0 unspecified atom stereocenters. The fraction of sp³-hybridized carbons (Fsp3) is 0.143. The predicted octanol–water partition coefficient (Wildman–Crippen LogP) is -1.04. The van der Waals surface area contributed by atoms with E-state index in [1.54, 1.807) is 0 Å². The topological polar surface area (TPSA) is 143 Å². The number of ether oxygens (including phenoxy) is 1. The van der Waals surface area contributed by atoms with E-state index in [0.29, 0.717) is 0 Å². The van der Waals surface area contributed by atoms with Crippen LogP contribution in [0.4, 0.5) is 17.8 Å². The van der Waals surface area contributed by atoms with Gasteiger partial charge in [-0.2, -0.15) is 15.0 Å². The van der Waals surface area contributed by atoms with Gasteiger partial charge in [-0.25, -0.2) is 4.79 Å². The Balaban J connectivity index is 0.000000288. The zero-order chi connectivity index (χ0) is 11.8. The van der Waals surface area contributed by atoms with Crippen molar-refractivity contribution in [2.24, 2.45) is 0 Å². The van der Waals surface area contributed by atoms with Crippen molar-refractivity contribution in [1.29, 1.82) is 0 Å². The van der Waals surface area contributed by atoms with Crippen LogP contribution < -0.4 is 17.2 Å². The number of hydrogen-bond donors (Lipinski definition) is 3. The maximum absolute atomic E-state index is 9.84. The van der Waals surface area contributed by atoms with Gasteiger partial charge in [0.2, 0.25) is 17.8 Å². The summed E-state index contributed by atoms with van der Waals surface area (Å²) >= 11 is 0. The SMILES string of the molecule is C=CC(=O)OC.Nc1nc(N)nc(N)n1. The van der Waals surface area contributed by atoms with Crippen molar-refractivity contribution in [3.63, 3.8) is 0 Å². The molecule has 0 amide bonds. The smallest absolute Gasteiger partial charge is 0.329 e. The molecule has 1 rings (SSSR count). The van der Waals surface area contributed by atoms with E-state index in [4.69, 9.17) is 17.2 Å². The van der Waals surface area contributed by atoms with Gasteiger partial charge in [0.1, 0.15) is 0 Å². The largest absolute Gasteiger partial charge is 0.466 e. The summed E-state index contributed by atoms with van der Waals surface area (Å²) in [7, 11) is 1.31. The number of hydrogen-bond acceptors (Lipinski definition) is 8. The Morgan fingerprint density at radius 1 is 1.20 bits per heavy atom. The first-order valence-corrected chi connectivity index (χ1v) is 3.72. The molecule has 0 aliphatic carbocycles. The molecule has 0 saturated heterocycles. The third-order valence-electron chi connectivity index (χ3n) is 1.06. The first-order valence-electron chi connectivity index (χ1n) is 3.72. The second kappa shape index (κ2) is 6.13. The minimum absolute atomic E-state index is 0.0417. The zero-order valence-corrected chi connectivity index (χ0v) is 8.17. The summed E-state index contributed by atoms with van der Waals surface area (Å²) in [5.74, 6) is -0.269. The Morgan fingerprint density at radius 3 is 1.67 bits per heavy atom. The number of methoxy groups -OCH3 is 1. The van der Waals surface area contributed by atoms with E-state index in [0.717, 1.165) is 6.08 Å². The molecule has 0 aromatic carbocycles. The molecular formula is C7H12N6O2. The van der Waals surface area contributed by atoms with Crippen LogP contribution in [0.25, 0.3) is 0 Å². The Morgan fingerprint density at radius 2 is 1.53 bits per heavy atom. The van der Waals surface area contributed by atoms with Gasteiger partial charge in [-0.3, -0.25) is 0 Å². The standard InChI is InChI=1S/C4H6O2.C3H6N6/c1-3-4(5)6-2;4-1-7-2(5)9-3(6)8-1/h3H,1H2,2H3;(H6,4,5,6,7,8,9). The van der Waals surface area contributed by atoms with E-state index in [2.05, 4.69) is 26.3 Å². The molecule has 8 nitrogen and oxygen atoms in total. The summed E-state index contributed by atoms with van der Waals surface area (Å²) < 4.78 is 4.14. The maximum Gasteiger partial charge on any atom is 0.329 e. The molecule has 0 atom stereocenters. The zero-order valence-electron chi connectivity index (χ0n) is 8.17. The Labute approximate surface area is 86.2 Å². The quantitative estimate of drug-likeness (QED) is 0.395. The highest BCUT2D eigenvalue weighted by Crippen LogP contribution is 1.97. The molecule has 0 bridgehead atoms. The van der Waals surface area contributed by atoms with Gasteiger partial charge in [-0.05, 0) is 0 Å². The van der Waals surface area contributed by atoms with Gasteiger partial charge >= 0.3 is 5.97 Å². The Hall–Kier alpha value is -2.38. The first kappa shape index (κ1) is 12.6. The lowest BCUT2D eigenvalue weighted by atomic mass is 10.7. The lowest BCUT2D eigenvalue weighted by Crippen LogP contribution is -2.05. The average molecular weight is 212 g/mol. The average Bonchev–Trinajstić information content (AvgIpc) is 2.15. The molecule has 0 spiro atoms. The highest BCUT2D eigenvalue weighted by molar-refractivity contribution is 5.80. The lowest BCUT2D eigenvalue weighted by Gasteiger charge is -1.93. The summed E-state index contributed by atoms with van der Waals surface area (Å²) in [6.45, 7) is 3.16. The van der Waals surface area contributed by atoms with E-state index < -0.39 is 5.97 Å². The van der Waals surface area contributed by atoms with Crippen molar-refractivity contribution < 1.29 is 9.53 Å². The molecule has 0 aliphatic rings. The van der Waals surface area contributed by atoms with Crippen molar-refractivity contribution in [2.45, 2.75) is 0 Å². The minimum atomic E-state index is -0.394. The maximum atomic E-state index is 9.84. The van der Waals surface area contributed by atoms with E-state index in [1.807, 2.05) is 0 Å². The minimum Gasteiger partial charge on any atom is -0.466 e. The molecule has 15 heavy (non-hydrogen) atoms. The molecule has 0 radical (unpaired) electrons. The first-order chi connectivity index (χ1) is 6.99. The number of nitrogens with two attached hydrogens (primary N) is 3. The van der Waals surface area contributed by atoms with Gasteiger partial charge in [-0.1, -0.05) is 6.58 Å². The predicted molar refractivity (Wildman–Crippen MR) is 55.3 cm³/mol. The van der Waals surface area contributed by atoms with E-state index in [1.165, 1.54) is 7.11 Å². The molecule has 0 fully saturated rings. The normalized spacial score (nSPS) is 8.33. The molecule has 0 aliphatic heterocycles. The summed E-state index contributed by atoms with van der Waals surface area (Å²) in [6, 6.07) is 0. The summed E-state index contributed by atoms with van der Waals surface area (Å²) in [4.78, 5) is 20.3.